The third-order valence-electron chi connectivity index (χ3n) is 11.2. The fourth-order valence-electron chi connectivity index (χ4n) is 8.58. The highest BCUT2D eigenvalue weighted by Gasteiger charge is 2.20. The molecule has 12 rings (SSSR count). The minimum atomic E-state index is 0.587. The zero-order chi connectivity index (χ0) is 38.2. The van der Waals surface area contributed by atoms with E-state index in [1.54, 1.807) is 0 Å². The van der Waals surface area contributed by atoms with Crippen LogP contribution in [-0.2, 0) is 0 Å². The van der Waals surface area contributed by atoms with Gasteiger partial charge in [0, 0.05) is 65.6 Å². The maximum atomic E-state index is 6.57. The van der Waals surface area contributed by atoms with E-state index >= 15 is 0 Å². The number of rotatable bonds is 5. The lowest BCUT2D eigenvalue weighted by atomic mass is 9.96. The Balaban J connectivity index is 1.09. The van der Waals surface area contributed by atoms with Gasteiger partial charge in [-0.3, -0.25) is 0 Å². The number of hydrogen-bond donors (Lipinski definition) is 0. The van der Waals surface area contributed by atoms with Gasteiger partial charge in [0.2, 0.25) is 0 Å². The first-order valence-electron chi connectivity index (χ1n) is 19.4. The number of benzene rings is 8. The molecule has 0 N–H and O–H groups in total. The van der Waals surface area contributed by atoms with Crippen LogP contribution in [0.1, 0.15) is 0 Å². The van der Waals surface area contributed by atoms with Gasteiger partial charge in [0.1, 0.15) is 11.2 Å². The second-order valence-electron chi connectivity index (χ2n) is 14.6. The number of para-hydroxylation sites is 3. The molecule has 8 aromatic carbocycles. The van der Waals surface area contributed by atoms with Crippen molar-refractivity contribution < 1.29 is 4.42 Å². The van der Waals surface area contributed by atoms with Gasteiger partial charge < -0.3 is 8.98 Å². The van der Waals surface area contributed by atoms with Crippen molar-refractivity contribution in [3.05, 3.63) is 188 Å². The van der Waals surface area contributed by atoms with Crippen LogP contribution in [0.2, 0.25) is 0 Å². The molecule has 0 aliphatic carbocycles. The van der Waals surface area contributed by atoms with Crippen LogP contribution in [-0.4, -0.2) is 24.5 Å². The molecule has 0 radical (unpaired) electrons. The molecule has 6 heteroatoms. The summed E-state index contributed by atoms with van der Waals surface area (Å²) in [6.45, 7) is 0. The lowest BCUT2D eigenvalue weighted by Crippen LogP contribution is -2.00. The van der Waals surface area contributed by atoms with E-state index in [4.69, 9.17) is 24.4 Å². The van der Waals surface area contributed by atoms with Crippen molar-refractivity contribution in [2.24, 2.45) is 0 Å². The second kappa shape index (κ2) is 12.8. The molecular weight excluding hydrogens is 711 g/mol. The molecule has 6 nitrogen and oxygen atoms in total. The van der Waals surface area contributed by atoms with Gasteiger partial charge in [-0.05, 0) is 72.8 Å². The van der Waals surface area contributed by atoms with Gasteiger partial charge in [0.15, 0.2) is 17.5 Å². The van der Waals surface area contributed by atoms with Gasteiger partial charge >= 0.3 is 0 Å². The molecule has 270 valence electrons. The van der Waals surface area contributed by atoms with Gasteiger partial charge in [0.05, 0.1) is 22.2 Å². The molecule has 0 amide bonds. The summed E-state index contributed by atoms with van der Waals surface area (Å²) in [5.74, 6) is 1.80. The highest BCUT2D eigenvalue weighted by molar-refractivity contribution is 6.28. The fourth-order valence-corrected chi connectivity index (χ4v) is 8.58. The van der Waals surface area contributed by atoms with Crippen molar-refractivity contribution in [2.45, 2.75) is 0 Å². The van der Waals surface area contributed by atoms with Crippen LogP contribution in [0.25, 0.3) is 117 Å². The third kappa shape index (κ3) is 5.05. The predicted molar refractivity (Wildman–Crippen MR) is 236 cm³/mol. The summed E-state index contributed by atoms with van der Waals surface area (Å²) in [6, 6.07) is 64.9. The van der Waals surface area contributed by atoms with Gasteiger partial charge in [0.25, 0.3) is 0 Å². The molecule has 58 heavy (non-hydrogen) atoms. The van der Waals surface area contributed by atoms with Crippen molar-refractivity contribution in [1.29, 1.82) is 0 Å². The smallest absolute Gasteiger partial charge is 0.164 e. The molecule has 0 saturated carbocycles. The molecule has 0 fully saturated rings. The van der Waals surface area contributed by atoms with E-state index in [9.17, 15) is 0 Å². The van der Waals surface area contributed by atoms with Crippen LogP contribution in [0.3, 0.4) is 0 Å². The molecular formula is C52H31N5O. The average molecular weight is 742 g/mol. The summed E-state index contributed by atoms with van der Waals surface area (Å²) in [5.41, 5.74) is 10.7. The molecule has 0 unspecified atom stereocenters. The lowest BCUT2D eigenvalue weighted by Gasteiger charge is -2.11. The van der Waals surface area contributed by atoms with Gasteiger partial charge in [-0.25, -0.2) is 19.9 Å². The number of fused-ring (bicyclic) bond motifs is 10. The Morgan fingerprint density at radius 2 is 0.914 bits per heavy atom. The van der Waals surface area contributed by atoms with Crippen molar-refractivity contribution in [2.75, 3.05) is 0 Å². The van der Waals surface area contributed by atoms with Crippen LogP contribution >= 0.6 is 0 Å². The molecule has 0 bridgehead atoms. The van der Waals surface area contributed by atoms with E-state index in [-0.39, 0.29) is 0 Å². The zero-order valence-electron chi connectivity index (χ0n) is 31.0. The second-order valence-corrected chi connectivity index (χ2v) is 14.6. The number of aromatic nitrogens is 5. The average Bonchev–Trinajstić information content (AvgIpc) is 3.84. The Morgan fingerprint density at radius 1 is 0.345 bits per heavy atom. The topological polar surface area (TPSA) is 69.6 Å². The van der Waals surface area contributed by atoms with E-state index in [1.165, 1.54) is 5.39 Å². The first-order chi connectivity index (χ1) is 28.7. The highest BCUT2D eigenvalue weighted by Crippen LogP contribution is 2.42. The first kappa shape index (κ1) is 32.3. The molecule has 4 heterocycles. The minimum Gasteiger partial charge on any atom is -0.456 e. The van der Waals surface area contributed by atoms with Crippen molar-refractivity contribution >= 4 is 65.4 Å². The van der Waals surface area contributed by atoms with Crippen LogP contribution in [0.4, 0.5) is 0 Å². The largest absolute Gasteiger partial charge is 0.456 e. The molecule has 0 saturated heterocycles. The van der Waals surface area contributed by atoms with Gasteiger partial charge in [-0.2, -0.15) is 0 Å². The summed E-state index contributed by atoms with van der Waals surface area (Å²) < 4.78 is 8.88. The summed E-state index contributed by atoms with van der Waals surface area (Å²) in [6.07, 6.45) is 0. The number of pyridine rings is 1. The zero-order valence-corrected chi connectivity index (χ0v) is 31.0. The molecule has 4 aromatic heterocycles. The molecule has 0 spiro atoms. The number of nitrogens with zero attached hydrogens (tertiary/aromatic N) is 5. The fraction of sp³-hybridized carbons (Fsp3) is 0. The Labute approximate surface area is 332 Å². The van der Waals surface area contributed by atoms with E-state index < -0.39 is 0 Å². The third-order valence-corrected chi connectivity index (χ3v) is 11.2. The maximum absolute atomic E-state index is 6.57. The van der Waals surface area contributed by atoms with Crippen LogP contribution in [0.15, 0.2) is 192 Å². The van der Waals surface area contributed by atoms with Crippen LogP contribution in [0.5, 0.6) is 0 Å². The van der Waals surface area contributed by atoms with E-state index in [0.717, 1.165) is 93.7 Å². The monoisotopic (exact) mass is 741 g/mol. The quantitative estimate of drug-likeness (QED) is 0.164. The van der Waals surface area contributed by atoms with Crippen LogP contribution < -0.4 is 0 Å². The van der Waals surface area contributed by atoms with Crippen molar-refractivity contribution in [3.8, 4) is 51.1 Å². The maximum Gasteiger partial charge on any atom is 0.164 e. The van der Waals surface area contributed by atoms with E-state index in [0.29, 0.717) is 17.5 Å². The summed E-state index contributed by atoms with van der Waals surface area (Å²) >= 11 is 0. The Bertz CT molecular complexity index is 3560. The first-order valence-corrected chi connectivity index (χ1v) is 19.4. The van der Waals surface area contributed by atoms with Gasteiger partial charge in [-0.15, -0.1) is 0 Å². The number of hydrogen-bond acceptors (Lipinski definition) is 5. The van der Waals surface area contributed by atoms with E-state index in [1.807, 2.05) is 60.7 Å². The minimum absolute atomic E-state index is 0.587. The highest BCUT2D eigenvalue weighted by atomic mass is 16.3. The predicted octanol–water partition coefficient (Wildman–Crippen LogP) is 13.2. The Morgan fingerprint density at radius 3 is 1.67 bits per heavy atom. The molecule has 0 atom stereocenters. The lowest BCUT2D eigenvalue weighted by molar-refractivity contribution is 0.669. The Hall–Kier alpha value is -7.96. The number of furan rings is 1. The summed E-state index contributed by atoms with van der Waals surface area (Å²) in [5, 5.41) is 7.60. The molecule has 0 aliphatic heterocycles. The van der Waals surface area contributed by atoms with Crippen molar-refractivity contribution in [3.63, 3.8) is 0 Å². The Kier molecular flexibility index (Phi) is 7.13. The normalized spacial score (nSPS) is 11.8. The van der Waals surface area contributed by atoms with E-state index in [2.05, 4.69) is 132 Å². The standard InChI is InChI=1S/C52H31N5O/c1-4-14-32(15-5-1)49-39-26-29-46-48(47(39)38-21-10-12-22-42(38)53-49)41-31-35(25-28-45(41)58-46)52-55-50(33-16-6-2-7-17-33)54-51(56-52)34-24-27-44-40(30-34)37-20-11-13-23-43(37)57(44)36-18-8-3-9-19-36/h1-31H. The summed E-state index contributed by atoms with van der Waals surface area (Å²) in [7, 11) is 0. The van der Waals surface area contributed by atoms with Gasteiger partial charge in [-0.1, -0.05) is 115 Å². The molecule has 12 aromatic rings. The van der Waals surface area contributed by atoms with Crippen molar-refractivity contribution in [1.82, 2.24) is 24.5 Å². The SMILES string of the molecule is c1ccc(-c2nc(-c3ccc4oc5ccc6c(-c7ccccc7)nc7ccccc7c6c5c4c3)nc(-c3ccc4c(c3)c3ccccc3n4-c3ccccc3)n2)cc1. The molecule has 0 aliphatic rings. The van der Waals surface area contributed by atoms with Crippen LogP contribution in [0, 0.1) is 0 Å². The summed E-state index contributed by atoms with van der Waals surface area (Å²) in [4.78, 5) is 20.6.